The first kappa shape index (κ1) is 10.4. The van der Waals surface area contributed by atoms with Gasteiger partial charge in [0.05, 0.1) is 0 Å². The van der Waals surface area contributed by atoms with Crippen molar-refractivity contribution in [2.24, 2.45) is 0 Å². The molecule has 0 amide bonds. The molecule has 14 heavy (non-hydrogen) atoms. The predicted octanol–water partition coefficient (Wildman–Crippen LogP) is 3.86. The lowest BCUT2D eigenvalue weighted by Gasteiger charge is -2.03. The summed E-state index contributed by atoms with van der Waals surface area (Å²) < 4.78 is 2.16. The van der Waals surface area contributed by atoms with E-state index in [2.05, 4.69) is 45.2 Å². The van der Waals surface area contributed by atoms with Gasteiger partial charge >= 0.3 is 0 Å². The Labute approximate surface area is 109 Å². The second-order valence-corrected chi connectivity index (χ2v) is 5.35. The molecule has 0 fully saturated rings. The Balaban J connectivity index is 2.91. The third kappa shape index (κ3) is 1.79. The maximum Gasteiger partial charge on any atom is 0.151 e. The van der Waals surface area contributed by atoms with Crippen molar-refractivity contribution < 1.29 is 4.79 Å². The minimum atomic E-state index is 0.793. The van der Waals surface area contributed by atoms with Gasteiger partial charge in [0.1, 0.15) is 0 Å². The highest BCUT2D eigenvalue weighted by atomic mass is 127. The van der Waals surface area contributed by atoms with E-state index in [0.29, 0.717) is 0 Å². The molecule has 2 aromatic rings. The summed E-state index contributed by atoms with van der Waals surface area (Å²) in [5.74, 6) is 0. The standard InChI is InChI=1S/C11H6I2O/c12-8-3-1-7-2-4-11(13)10(6-14)9(7)5-8/h1-6H. The van der Waals surface area contributed by atoms with E-state index in [9.17, 15) is 4.79 Å². The Hall–Kier alpha value is -0.170. The molecule has 0 heterocycles. The van der Waals surface area contributed by atoms with Crippen LogP contribution in [-0.2, 0) is 0 Å². The minimum Gasteiger partial charge on any atom is -0.298 e. The highest BCUT2D eigenvalue weighted by Gasteiger charge is 2.04. The molecule has 3 heteroatoms. The van der Waals surface area contributed by atoms with E-state index in [4.69, 9.17) is 0 Å². The van der Waals surface area contributed by atoms with Crippen LogP contribution in [0.1, 0.15) is 10.4 Å². The summed E-state index contributed by atoms with van der Waals surface area (Å²) in [5.41, 5.74) is 0.793. The fourth-order valence-corrected chi connectivity index (χ4v) is 2.50. The van der Waals surface area contributed by atoms with Crippen LogP contribution in [0.5, 0.6) is 0 Å². The second-order valence-electron chi connectivity index (χ2n) is 2.94. The summed E-state index contributed by atoms with van der Waals surface area (Å²) in [5, 5.41) is 2.16. The summed E-state index contributed by atoms with van der Waals surface area (Å²) in [4.78, 5) is 10.9. The van der Waals surface area contributed by atoms with E-state index >= 15 is 0 Å². The molecule has 2 aromatic carbocycles. The molecule has 0 spiro atoms. The van der Waals surface area contributed by atoms with Crippen LogP contribution in [0.2, 0.25) is 0 Å². The van der Waals surface area contributed by atoms with Gasteiger partial charge in [0, 0.05) is 12.7 Å². The largest absolute Gasteiger partial charge is 0.298 e. The summed E-state index contributed by atoms with van der Waals surface area (Å²) in [7, 11) is 0. The Morgan fingerprint density at radius 3 is 2.50 bits per heavy atom. The zero-order valence-corrected chi connectivity index (χ0v) is 11.4. The molecule has 0 aliphatic carbocycles. The monoisotopic (exact) mass is 408 g/mol. The first-order chi connectivity index (χ1) is 6.72. The first-order valence-electron chi connectivity index (χ1n) is 4.05. The maximum atomic E-state index is 10.9. The van der Waals surface area contributed by atoms with Crippen LogP contribution in [-0.4, -0.2) is 6.29 Å². The summed E-state index contributed by atoms with van der Waals surface area (Å²) >= 11 is 4.44. The van der Waals surface area contributed by atoms with E-state index in [-0.39, 0.29) is 0 Å². The molecule has 0 aliphatic rings. The van der Waals surface area contributed by atoms with Gasteiger partial charge in [0.2, 0.25) is 0 Å². The van der Waals surface area contributed by atoms with Gasteiger partial charge in [-0.3, -0.25) is 4.79 Å². The number of aldehydes is 1. The van der Waals surface area contributed by atoms with Crippen molar-refractivity contribution >= 4 is 62.2 Å². The molecule has 0 aromatic heterocycles. The molecule has 0 atom stereocenters. The molecule has 70 valence electrons. The molecule has 0 aliphatic heterocycles. The fraction of sp³-hybridized carbons (Fsp3) is 0. The predicted molar refractivity (Wildman–Crippen MR) is 74.8 cm³/mol. The van der Waals surface area contributed by atoms with Crippen molar-refractivity contribution in [1.29, 1.82) is 0 Å². The molecule has 0 N–H and O–H groups in total. The molecule has 2 rings (SSSR count). The molecular formula is C11H6I2O. The second kappa shape index (κ2) is 4.14. The third-order valence-corrected chi connectivity index (χ3v) is 3.70. The van der Waals surface area contributed by atoms with Crippen LogP contribution in [0, 0.1) is 7.14 Å². The molecule has 0 radical (unpaired) electrons. The van der Waals surface area contributed by atoms with E-state index in [1.807, 2.05) is 30.3 Å². The van der Waals surface area contributed by atoms with Crippen molar-refractivity contribution in [1.82, 2.24) is 0 Å². The van der Waals surface area contributed by atoms with E-state index in [1.165, 1.54) is 0 Å². The number of carbonyl (C=O) groups is 1. The number of hydrogen-bond acceptors (Lipinski definition) is 1. The van der Waals surface area contributed by atoms with Gasteiger partial charge in [-0.25, -0.2) is 0 Å². The van der Waals surface area contributed by atoms with E-state index < -0.39 is 0 Å². The summed E-state index contributed by atoms with van der Waals surface area (Å²) in [6, 6.07) is 10.1. The molecule has 0 bridgehead atoms. The van der Waals surface area contributed by atoms with Gasteiger partial charge in [-0.15, -0.1) is 0 Å². The number of hydrogen-bond donors (Lipinski definition) is 0. The highest BCUT2D eigenvalue weighted by molar-refractivity contribution is 14.1. The van der Waals surface area contributed by atoms with E-state index in [0.717, 1.165) is 29.8 Å². The van der Waals surface area contributed by atoms with Crippen LogP contribution >= 0.6 is 45.2 Å². The van der Waals surface area contributed by atoms with Crippen molar-refractivity contribution in [3.05, 3.63) is 43.0 Å². The van der Waals surface area contributed by atoms with Gasteiger partial charge in [-0.05, 0) is 74.2 Å². The lowest BCUT2D eigenvalue weighted by molar-refractivity contribution is 0.112. The first-order valence-corrected chi connectivity index (χ1v) is 6.21. The average Bonchev–Trinajstić information content (AvgIpc) is 2.17. The van der Waals surface area contributed by atoms with Gasteiger partial charge in [0.25, 0.3) is 0 Å². The Kier molecular flexibility index (Phi) is 3.06. The molecule has 0 unspecified atom stereocenters. The average molecular weight is 408 g/mol. The van der Waals surface area contributed by atoms with Gasteiger partial charge < -0.3 is 0 Å². The summed E-state index contributed by atoms with van der Waals surface area (Å²) in [6.07, 6.45) is 0.931. The Morgan fingerprint density at radius 1 is 1.07 bits per heavy atom. The lowest BCUT2D eigenvalue weighted by atomic mass is 10.1. The van der Waals surface area contributed by atoms with Crippen molar-refractivity contribution in [3.8, 4) is 0 Å². The van der Waals surface area contributed by atoms with Crippen LogP contribution in [0.3, 0.4) is 0 Å². The SMILES string of the molecule is O=Cc1c(I)ccc2ccc(I)cc12. The Morgan fingerprint density at radius 2 is 1.79 bits per heavy atom. The number of fused-ring (bicyclic) bond motifs is 1. The van der Waals surface area contributed by atoms with Crippen LogP contribution in [0.4, 0.5) is 0 Å². The Bertz CT molecular complexity index is 501. The highest BCUT2D eigenvalue weighted by Crippen LogP contribution is 2.24. The van der Waals surface area contributed by atoms with Gasteiger partial charge in [-0.1, -0.05) is 12.1 Å². The van der Waals surface area contributed by atoms with Gasteiger partial charge in [0.15, 0.2) is 6.29 Å². The van der Waals surface area contributed by atoms with Crippen LogP contribution in [0.15, 0.2) is 30.3 Å². The lowest BCUT2D eigenvalue weighted by Crippen LogP contribution is -1.88. The fourth-order valence-electron chi connectivity index (χ4n) is 1.41. The van der Waals surface area contributed by atoms with Crippen molar-refractivity contribution in [2.75, 3.05) is 0 Å². The number of halogens is 2. The normalized spacial score (nSPS) is 10.4. The zero-order chi connectivity index (χ0) is 10.1. The minimum absolute atomic E-state index is 0.793. The quantitative estimate of drug-likeness (QED) is 0.518. The molecular weight excluding hydrogens is 402 g/mol. The summed E-state index contributed by atoms with van der Waals surface area (Å²) in [6.45, 7) is 0. The zero-order valence-electron chi connectivity index (χ0n) is 7.13. The van der Waals surface area contributed by atoms with Crippen molar-refractivity contribution in [3.63, 3.8) is 0 Å². The molecule has 0 saturated carbocycles. The maximum absolute atomic E-state index is 10.9. The smallest absolute Gasteiger partial charge is 0.151 e. The van der Waals surface area contributed by atoms with Crippen LogP contribution in [0.25, 0.3) is 10.8 Å². The van der Waals surface area contributed by atoms with Crippen LogP contribution < -0.4 is 0 Å². The van der Waals surface area contributed by atoms with E-state index in [1.54, 1.807) is 0 Å². The van der Waals surface area contributed by atoms with Gasteiger partial charge in [-0.2, -0.15) is 0 Å². The number of rotatable bonds is 1. The van der Waals surface area contributed by atoms with Crippen molar-refractivity contribution in [2.45, 2.75) is 0 Å². The number of benzene rings is 2. The topological polar surface area (TPSA) is 17.1 Å². The molecule has 1 nitrogen and oxygen atoms in total. The number of carbonyl (C=O) groups excluding carboxylic acids is 1. The molecule has 0 saturated heterocycles. The third-order valence-electron chi connectivity index (χ3n) is 2.09.